The summed E-state index contributed by atoms with van der Waals surface area (Å²) in [5.74, 6) is 3.62. The van der Waals surface area contributed by atoms with Crippen molar-refractivity contribution in [3.63, 3.8) is 0 Å². The molecular weight excluding hydrogens is 492 g/mol. The molecule has 1 amide bonds. The number of hydrogen-bond acceptors (Lipinski definition) is 8. The fraction of sp³-hybridized carbons (Fsp3) is 0.269. The van der Waals surface area contributed by atoms with Crippen molar-refractivity contribution in [1.29, 1.82) is 0 Å². The molecule has 2 aromatic heterocycles. The minimum atomic E-state index is -3.60. The molecule has 1 aliphatic rings. The van der Waals surface area contributed by atoms with E-state index in [4.69, 9.17) is 11.3 Å². The van der Waals surface area contributed by atoms with Gasteiger partial charge in [0.15, 0.2) is 0 Å². The lowest BCUT2D eigenvalue weighted by Gasteiger charge is -2.22. The molecular formula is C26H28N6O4S. The first-order valence-corrected chi connectivity index (χ1v) is 13.5. The van der Waals surface area contributed by atoms with E-state index in [9.17, 15) is 13.2 Å². The van der Waals surface area contributed by atoms with Gasteiger partial charge in [-0.2, -0.15) is 0 Å². The highest BCUT2D eigenvalue weighted by molar-refractivity contribution is 7.92. The van der Waals surface area contributed by atoms with E-state index >= 15 is 0 Å². The molecule has 0 atom stereocenters. The number of aromatic nitrogens is 2. The smallest absolute Gasteiger partial charge is 0.278 e. The summed E-state index contributed by atoms with van der Waals surface area (Å²) >= 11 is 0. The summed E-state index contributed by atoms with van der Waals surface area (Å²) in [6.45, 7) is 2.02. The number of rotatable bonds is 10. The van der Waals surface area contributed by atoms with Gasteiger partial charge in [-0.25, -0.2) is 23.9 Å². The van der Waals surface area contributed by atoms with Gasteiger partial charge in [0.25, 0.3) is 5.91 Å². The van der Waals surface area contributed by atoms with Crippen LogP contribution >= 0.6 is 0 Å². The van der Waals surface area contributed by atoms with Crippen LogP contribution in [-0.4, -0.2) is 44.2 Å². The second kappa shape index (κ2) is 10.9. The zero-order chi connectivity index (χ0) is 26.6. The van der Waals surface area contributed by atoms with Crippen LogP contribution in [0.25, 0.3) is 0 Å². The van der Waals surface area contributed by atoms with Gasteiger partial charge in [0.05, 0.1) is 35.5 Å². The number of carbonyl (C=O) groups excluding carboxylic acids is 1. The van der Waals surface area contributed by atoms with Crippen LogP contribution in [0, 0.1) is 12.3 Å². The Hall–Kier alpha value is -4.14. The number of terminal acetylenes is 1. The lowest BCUT2D eigenvalue weighted by Crippen LogP contribution is -2.26. The van der Waals surface area contributed by atoms with Crippen LogP contribution in [0.15, 0.2) is 48.8 Å². The van der Waals surface area contributed by atoms with E-state index in [1.54, 1.807) is 31.2 Å². The van der Waals surface area contributed by atoms with Gasteiger partial charge in [0, 0.05) is 31.1 Å². The number of pyridine rings is 2. The molecule has 0 aliphatic heterocycles. The van der Waals surface area contributed by atoms with Crippen LogP contribution in [0.4, 0.5) is 28.7 Å². The van der Waals surface area contributed by atoms with Crippen LogP contribution in [0.1, 0.15) is 47.2 Å². The van der Waals surface area contributed by atoms with Crippen LogP contribution in [0.5, 0.6) is 0 Å². The predicted molar refractivity (Wildman–Crippen MR) is 144 cm³/mol. The molecule has 11 heteroatoms. The molecule has 192 valence electrons. The third-order valence-electron chi connectivity index (χ3n) is 5.82. The second-order valence-electron chi connectivity index (χ2n) is 8.59. The maximum atomic E-state index is 12.8. The standard InChI is InChI=1S/C26H28N6O4S/c1-5-17-7-11-21(23(13-17)32(3)37(4,34)35)29-22-14-25(28-16-20(22)26(33)31-36-6-2)30-24-12-10-19(15-27-24)18-8-9-18/h1,7,10-16,18H,6,8-9H2,2-4H3,(H,31,33)(H2,27,28,29,30). The number of nitrogens with one attached hydrogen (secondary N) is 3. The van der Waals surface area contributed by atoms with E-state index in [0.717, 1.165) is 10.6 Å². The number of sulfonamides is 1. The highest BCUT2D eigenvalue weighted by Gasteiger charge is 2.23. The summed E-state index contributed by atoms with van der Waals surface area (Å²) in [5.41, 5.74) is 5.36. The average Bonchev–Trinajstić information content (AvgIpc) is 3.73. The summed E-state index contributed by atoms with van der Waals surface area (Å²) in [5, 5.41) is 6.32. The number of amides is 1. The molecule has 0 saturated heterocycles. The summed E-state index contributed by atoms with van der Waals surface area (Å²) in [6.07, 6.45) is 12.3. The highest BCUT2D eigenvalue weighted by Crippen LogP contribution is 2.40. The second-order valence-corrected chi connectivity index (χ2v) is 10.6. The first kappa shape index (κ1) is 25.9. The van der Waals surface area contributed by atoms with Crippen LogP contribution < -0.4 is 20.4 Å². The van der Waals surface area contributed by atoms with E-state index < -0.39 is 15.9 Å². The third kappa shape index (κ3) is 6.35. The molecule has 0 unspecified atom stereocenters. The quantitative estimate of drug-likeness (QED) is 0.272. The molecule has 0 spiro atoms. The number of hydroxylamine groups is 1. The van der Waals surface area contributed by atoms with E-state index in [2.05, 4.69) is 32.0 Å². The molecule has 0 bridgehead atoms. The summed E-state index contributed by atoms with van der Waals surface area (Å²) in [6, 6.07) is 10.5. The Balaban J connectivity index is 1.70. The third-order valence-corrected chi connectivity index (χ3v) is 7.01. The molecule has 1 aliphatic carbocycles. The Morgan fingerprint density at radius 1 is 1.11 bits per heavy atom. The Kier molecular flexibility index (Phi) is 7.61. The molecule has 1 aromatic carbocycles. The fourth-order valence-electron chi connectivity index (χ4n) is 3.58. The molecule has 10 nitrogen and oxygen atoms in total. The summed E-state index contributed by atoms with van der Waals surface area (Å²) in [4.78, 5) is 26.7. The molecule has 3 N–H and O–H groups in total. The van der Waals surface area contributed by atoms with E-state index in [1.165, 1.54) is 31.6 Å². The predicted octanol–water partition coefficient (Wildman–Crippen LogP) is 3.90. The lowest BCUT2D eigenvalue weighted by molar-refractivity contribution is 0.0365. The highest BCUT2D eigenvalue weighted by atomic mass is 32.2. The van der Waals surface area contributed by atoms with Crippen LogP contribution in [0.2, 0.25) is 0 Å². The normalized spacial score (nSPS) is 12.9. The fourth-order valence-corrected chi connectivity index (χ4v) is 4.09. The summed E-state index contributed by atoms with van der Waals surface area (Å²) < 4.78 is 25.7. The van der Waals surface area contributed by atoms with Crippen molar-refractivity contribution < 1.29 is 18.0 Å². The van der Waals surface area contributed by atoms with Gasteiger partial charge >= 0.3 is 0 Å². The van der Waals surface area contributed by atoms with Gasteiger partial charge in [-0.15, -0.1) is 6.42 Å². The van der Waals surface area contributed by atoms with Gasteiger partial charge in [-0.05, 0) is 55.5 Å². The monoisotopic (exact) mass is 520 g/mol. The van der Waals surface area contributed by atoms with Crippen LogP contribution in [-0.2, 0) is 14.9 Å². The molecule has 2 heterocycles. The minimum absolute atomic E-state index is 0.185. The van der Waals surface area contributed by atoms with Gasteiger partial charge < -0.3 is 10.6 Å². The summed E-state index contributed by atoms with van der Waals surface area (Å²) in [7, 11) is -2.17. The van der Waals surface area contributed by atoms with Gasteiger partial charge in [-0.3, -0.25) is 13.9 Å². The number of anilines is 5. The van der Waals surface area contributed by atoms with Crippen molar-refractivity contribution in [3.8, 4) is 12.3 Å². The number of carbonyl (C=O) groups is 1. The molecule has 0 radical (unpaired) electrons. The maximum absolute atomic E-state index is 12.8. The largest absolute Gasteiger partial charge is 0.353 e. The van der Waals surface area contributed by atoms with E-state index in [-0.39, 0.29) is 12.2 Å². The van der Waals surface area contributed by atoms with Crippen molar-refractivity contribution in [1.82, 2.24) is 15.4 Å². The lowest BCUT2D eigenvalue weighted by atomic mass is 10.1. The molecule has 1 saturated carbocycles. The Labute approximate surface area is 216 Å². The maximum Gasteiger partial charge on any atom is 0.278 e. The average molecular weight is 521 g/mol. The SMILES string of the molecule is C#Cc1ccc(Nc2cc(Nc3ccc(C4CC4)cn3)ncc2C(=O)NOCC)c(N(C)S(C)(=O)=O)c1. The first-order valence-electron chi connectivity index (χ1n) is 11.7. The molecule has 4 rings (SSSR count). The van der Waals surface area contributed by atoms with Gasteiger partial charge in [0.1, 0.15) is 11.6 Å². The zero-order valence-electron chi connectivity index (χ0n) is 20.8. The molecule has 37 heavy (non-hydrogen) atoms. The van der Waals surface area contributed by atoms with Gasteiger partial charge in [-0.1, -0.05) is 12.0 Å². The molecule has 1 fully saturated rings. The number of benzene rings is 1. The molecule has 3 aromatic rings. The van der Waals surface area contributed by atoms with Crippen LogP contribution in [0.3, 0.4) is 0 Å². The minimum Gasteiger partial charge on any atom is -0.353 e. The topological polar surface area (TPSA) is 126 Å². The first-order chi connectivity index (χ1) is 17.7. The van der Waals surface area contributed by atoms with E-state index in [1.807, 2.05) is 18.3 Å². The number of nitrogens with zero attached hydrogens (tertiary/aromatic N) is 3. The van der Waals surface area contributed by atoms with Crippen molar-refractivity contribution in [2.75, 3.05) is 34.8 Å². The van der Waals surface area contributed by atoms with Crippen molar-refractivity contribution in [3.05, 3.63) is 65.5 Å². The zero-order valence-corrected chi connectivity index (χ0v) is 21.6. The Morgan fingerprint density at radius 2 is 1.86 bits per heavy atom. The van der Waals surface area contributed by atoms with Gasteiger partial charge in [0.2, 0.25) is 10.0 Å². The van der Waals surface area contributed by atoms with Crippen molar-refractivity contribution in [2.24, 2.45) is 0 Å². The van der Waals surface area contributed by atoms with E-state index in [0.29, 0.717) is 40.2 Å². The van der Waals surface area contributed by atoms with Crippen molar-refractivity contribution in [2.45, 2.75) is 25.7 Å². The number of hydrogen-bond donors (Lipinski definition) is 3. The van der Waals surface area contributed by atoms with Crippen molar-refractivity contribution >= 4 is 44.6 Å². The Bertz CT molecular complexity index is 1450. The Morgan fingerprint density at radius 3 is 2.49 bits per heavy atom.